The molecule has 2 N–H and O–H groups in total. The number of nitrogens with one attached hydrogen (secondary N) is 2. The molecule has 0 unspecified atom stereocenters. The lowest BCUT2D eigenvalue weighted by Crippen LogP contribution is -2.04. The Morgan fingerprint density at radius 2 is 1.64 bits per heavy atom. The van der Waals surface area contributed by atoms with Crippen molar-refractivity contribution < 1.29 is 9.47 Å². The van der Waals surface area contributed by atoms with Crippen molar-refractivity contribution in [1.82, 2.24) is 15.2 Å². The van der Waals surface area contributed by atoms with Gasteiger partial charge in [-0.2, -0.15) is 10.1 Å². The minimum Gasteiger partial charge on any atom is -0.495 e. The Kier molecular flexibility index (Phi) is 4.94. The van der Waals surface area contributed by atoms with E-state index in [1.54, 1.807) is 20.4 Å². The van der Waals surface area contributed by atoms with E-state index in [0.717, 1.165) is 22.7 Å². The van der Waals surface area contributed by atoms with Crippen LogP contribution in [0.2, 0.25) is 0 Å². The van der Waals surface area contributed by atoms with E-state index in [-0.39, 0.29) is 0 Å². The summed E-state index contributed by atoms with van der Waals surface area (Å²) in [5, 5.41) is 14.3. The maximum atomic E-state index is 5.37. The van der Waals surface area contributed by atoms with Crippen molar-refractivity contribution in [3.63, 3.8) is 0 Å². The van der Waals surface area contributed by atoms with E-state index in [1.807, 2.05) is 49.4 Å². The van der Waals surface area contributed by atoms with Gasteiger partial charge in [0.1, 0.15) is 11.5 Å². The lowest BCUT2D eigenvalue weighted by Gasteiger charge is -2.12. The highest BCUT2D eigenvalue weighted by molar-refractivity contribution is 5.66. The van der Waals surface area contributed by atoms with Gasteiger partial charge in [-0.05, 0) is 36.8 Å². The van der Waals surface area contributed by atoms with Crippen LogP contribution in [0.1, 0.15) is 5.56 Å². The van der Waals surface area contributed by atoms with Gasteiger partial charge in [0.05, 0.1) is 31.8 Å². The van der Waals surface area contributed by atoms with Crippen molar-refractivity contribution in [1.29, 1.82) is 0 Å². The molecule has 1 heterocycles. The number of hydrogen-bond donors (Lipinski definition) is 2. The van der Waals surface area contributed by atoms with Crippen molar-refractivity contribution in [3.05, 3.63) is 54.2 Å². The van der Waals surface area contributed by atoms with Crippen molar-refractivity contribution in [2.45, 2.75) is 6.92 Å². The number of hydrogen-bond acceptors (Lipinski definition) is 7. The van der Waals surface area contributed by atoms with Crippen molar-refractivity contribution in [2.75, 3.05) is 24.9 Å². The lowest BCUT2D eigenvalue weighted by atomic mass is 10.2. The predicted octanol–water partition coefficient (Wildman–Crippen LogP) is 3.68. The smallest absolute Gasteiger partial charge is 0.249 e. The fourth-order valence-corrected chi connectivity index (χ4v) is 2.34. The molecule has 0 amide bonds. The monoisotopic (exact) mass is 337 g/mol. The first-order valence-corrected chi connectivity index (χ1v) is 7.71. The Labute approximate surface area is 146 Å². The molecule has 0 radical (unpaired) electrons. The van der Waals surface area contributed by atoms with Crippen LogP contribution in [0.3, 0.4) is 0 Å². The summed E-state index contributed by atoms with van der Waals surface area (Å²) in [5.41, 5.74) is 2.68. The van der Waals surface area contributed by atoms with E-state index in [9.17, 15) is 0 Å². The molecule has 0 aliphatic heterocycles. The van der Waals surface area contributed by atoms with Crippen molar-refractivity contribution in [2.24, 2.45) is 0 Å². The van der Waals surface area contributed by atoms with Crippen LogP contribution in [0.5, 0.6) is 11.5 Å². The summed E-state index contributed by atoms with van der Waals surface area (Å²) < 4.78 is 10.7. The van der Waals surface area contributed by atoms with Crippen LogP contribution in [0.15, 0.2) is 48.7 Å². The Balaban J connectivity index is 1.84. The molecule has 128 valence electrons. The zero-order valence-electron chi connectivity index (χ0n) is 14.3. The van der Waals surface area contributed by atoms with Gasteiger partial charge in [-0.25, -0.2) is 0 Å². The van der Waals surface area contributed by atoms with Crippen LogP contribution < -0.4 is 20.1 Å². The molecule has 0 fully saturated rings. The van der Waals surface area contributed by atoms with Gasteiger partial charge < -0.3 is 20.1 Å². The predicted molar refractivity (Wildman–Crippen MR) is 97.1 cm³/mol. The van der Waals surface area contributed by atoms with E-state index in [2.05, 4.69) is 25.8 Å². The molecule has 0 saturated carbocycles. The van der Waals surface area contributed by atoms with E-state index in [0.29, 0.717) is 17.5 Å². The molecule has 1 aromatic heterocycles. The van der Waals surface area contributed by atoms with Gasteiger partial charge in [-0.1, -0.05) is 18.2 Å². The number of anilines is 4. The quantitative estimate of drug-likeness (QED) is 0.710. The molecule has 0 spiro atoms. The fraction of sp³-hybridized carbons (Fsp3) is 0.167. The van der Waals surface area contributed by atoms with Crippen molar-refractivity contribution in [3.8, 4) is 11.5 Å². The summed E-state index contributed by atoms with van der Waals surface area (Å²) in [4.78, 5) is 4.44. The molecular weight excluding hydrogens is 318 g/mol. The number of aromatic nitrogens is 3. The molecule has 0 atom stereocenters. The molecule has 3 aromatic rings. The molecule has 0 aliphatic rings. The second-order valence-corrected chi connectivity index (χ2v) is 5.32. The number of aryl methyl sites for hydroxylation is 1. The van der Waals surface area contributed by atoms with Crippen LogP contribution in [0.4, 0.5) is 23.1 Å². The number of ether oxygens (including phenoxy) is 2. The van der Waals surface area contributed by atoms with Gasteiger partial charge in [0.2, 0.25) is 5.95 Å². The SMILES string of the molecule is COc1ccc(C)cc1Nc1cnnc(Nc2ccccc2OC)n1. The maximum Gasteiger partial charge on any atom is 0.249 e. The standard InChI is InChI=1S/C18H19N5O2/c1-12-8-9-16(25-3)14(10-12)20-17-11-19-23-18(22-17)21-13-6-4-5-7-15(13)24-2/h4-11H,1-3H3,(H2,20,21,22,23). The zero-order valence-corrected chi connectivity index (χ0v) is 14.3. The first-order chi connectivity index (χ1) is 12.2. The summed E-state index contributed by atoms with van der Waals surface area (Å²) >= 11 is 0. The van der Waals surface area contributed by atoms with E-state index in [1.165, 1.54) is 0 Å². The van der Waals surface area contributed by atoms with Crippen LogP contribution in [0, 0.1) is 6.92 Å². The highest BCUT2D eigenvalue weighted by Gasteiger charge is 2.08. The van der Waals surface area contributed by atoms with Crippen LogP contribution >= 0.6 is 0 Å². The van der Waals surface area contributed by atoms with Gasteiger partial charge in [-0.15, -0.1) is 5.10 Å². The first-order valence-electron chi connectivity index (χ1n) is 7.71. The molecule has 25 heavy (non-hydrogen) atoms. The summed E-state index contributed by atoms with van der Waals surface area (Å²) in [6.45, 7) is 2.01. The lowest BCUT2D eigenvalue weighted by molar-refractivity contribution is 0.416. The topological polar surface area (TPSA) is 81.2 Å². The zero-order chi connectivity index (χ0) is 17.6. The number of rotatable bonds is 6. The highest BCUT2D eigenvalue weighted by Crippen LogP contribution is 2.29. The molecule has 3 rings (SSSR count). The second-order valence-electron chi connectivity index (χ2n) is 5.32. The van der Waals surface area contributed by atoms with E-state index >= 15 is 0 Å². The Morgan fingerprint density at radius 3 is 2.44 bits per heavy atom. The number of para-hydroxylation sites is 2. The third kappa shape index (κ3) is 3.95. The molecule has 0 aliphatic carbocycles. The summed E-state index contributed by atoms with van der Waals surface area (Å²) in [7, 11) is 3.24. The summed E-state index contributed by atoms with van der Waals surface area (Å²) in [6, 6.07) is 13.4. The first kappa shape index (κ1) is 16.5. The van der Waals surface area contributed by atoms with Crippen LogP contribution in [-0.4, -0.2) is 29.4 Å². The molecule has 2 aromatic carbocycles. The molecule has 0 saturated heterocycles. The average molecular weight is 337 g/mol. The maximum absolute atomic E-state index is 5.37. The Hall–Kier alpha value is -3.35. The molecule has 7 heteroatoms. The molecule has 7 nitrogen and oxygen atoms in total. The van der Waals surface area contributed by atoms with Gasteiger partial charge >= 0.3 is 0 Å². The van der Waals surface area contributed by atoms with Gasteiger partial charge in [0, 0.05) is 0 Å². The Morgan fingerprint density at radius 1 is 0.880 bits per heavy atom. The van der Waals surface area contributed by atoms with E-state index < -0.39 is 0 Å². The number of benzene rings is 2. The van der Waals surface area contributed by atoms with Crippen molar-refractivity contribution >= 4 is 23.1 Å². The second kappa shape index (κ2) is 7.48. The van der Waals surface area contributed by atoms with Gasteiger partial charge in [-0.3, -0.25) is 0 Å². The highest BCUT2D eigenvalue weighted by atomic mass is 16.5. The minimum absolute atomic E-state index is 0.362. The number of methoxy groups -OCH3 is 2. The Bertz CT molecular complexity index is 870. The average Bonchev–Trinajstić information content (AvgIpc) is 2.63. The third-order valence-corrected chi connectivity index (χ3v) is 3.53. The normalized spacial score (nSPS) is 10.2. The largest absolute Gasteiger partial charge is 0.495 e. The third-order valence-electron chi connectivity index (χ3n) is 3.53. The van der Waals surface area contributed by atoms with Gasteiger partial charge in [0.15, 0.2) is 5.82 Å². The fourth-order valence-electron chi connectivity index (χ4n) is 2.34. The van der Waals surface area contributed by atoms with Crippen LogP contribution in [-0.2, 0) is 0 Å². The number of nitrogens with zero attached hydrogens (tertiary/aromatic N) is 3. The van der Waals surface area contributed by atoms with Crippen LogP contribution in [0.25, 0.3) is 0 Å². The summed E-state index contributed by atoms with van der Waals surface area (Å²) in [6.07, 6.45) is 1.55. The minimum atomic E-state index is 0.362. The molecule has 0 bridgehead atoms. The van der Waals surface area contributed by atoms with Gasteiger partial charge in [0.25, 0.3) is 0 Å². The summed E-state index contributed by atoms with van der Waals surface area (Å²) in [5.74, 6) is 2.34. The molecular formula is C18H19N5O2. The van der Waals surface area contributed by atoms with E-state index in [4.69, 9.17) is 9.47 Å².